The number of nitriles is 1. The van der Waals surface area contributed by atoms with Crippen molar-refractivity contribution in [2.24, 2.45) is 0 Å². The summed E-state index contributed by atoms with van der Waals surface area (Å²) >= 11 is 0. The highest BCUT2D eigenvalue weighted by Gasteiger charge is 2.13. The quantitative estimate of drug-likeness (QED) is 0.927. The molecule has 102 valence electrons. The standard InChI is InChI=1S/C15H14FN3O/c1-10(13-7-6-12(16)9-18-13)19-15-11(8-17)4-3-5-14(15)20-2/h3-7,9-10,19H,1-2H3. The van der Waals surface area contributed by atoms with Gasteiger partial charge in [0, 0.05) is 0 Å². The number of pyridine rings is 1. The van der Waals surface area contributed by atoms with E-state index in [9.17, 15) is 4.39 Å². The molecule has 0 spiro atoms. The summed E-state index contributed by atoms with van der Waals surface area (Å²) in [4.78, 5) is 4.02. The second-order valence-corrected chi connectivity index (χ2v) is 4.26. The zero-order valence-electron chi connectivity index (χ0n) is 11.2. The lowest BCUT2D eigenvalue weighted by Crippen LogP contribution is -2.10. The van der Waals surface area contributed by atoms with Crippen LogP contribution in [0.3, 0.4) is 0 Å². The smallest absolute Gasteiger partial charge is 0.143 e. The van der Waals surface area contributed by atoms with Gasteiger partial charge in [-0.2, -0.15) is 5.26 Å². The third-order valence-electron chi connectivity index (χ3n) is 2.92. The summed E-state index contributed by atoms with van der Waals surface area (Å²) in [6.45, 7) is 1.88. The molecule has 1 unspecified atom stereocenters. The molecule has 2 rings (SSSR count). The molecule has 0 radical (unpaired) electrons. The molecule has 1 atom stereocenters. The lowest BCUT2D eigenvalue weighted by atomic mass is 10.1. The number of aromatic nitrogens is 1. The van der Waals surface area contributed by atoms with Crippen LogP contribution in [0, 0.1) is 17.1 Å². The van der Waals surface area contributed by atoms with Gasteiger partial charge in [0.2, 0.25) is 0 Å². The highest BCUT2D eigenvalue weighted by molar-refractivity contribution is 5.66. The summed E-state index contributed by atoms with van der Waals surface area (Å²) in [5.74, 6) is 0.203. The maximum absolute atomic E-state index is 12.9. The molecular formula is C15H14FN3O. The maximum atomic E-state index is 12.9. The Balaban J connectivity index is 2.30. The molecule has 0 saturated carbocycles. The van der Waals surface area contributed by atoms with Crippen LogP contribution in [-0.2, 0) is 0 Å². The third-order valence-corrected chi connectivity index (χ3v) is 2.92. The number of nitrogens with zero attached hydrogens (tertiary/aromatic N) is 2. The van der Waals surface area contributed by atoms with Crippen LogP contribution >= 0.6 is 0 Å². The summed E-state index contributed by atoms with van der Waals surface area (Å²) in [6.07, 6.45) is 1.17. The SMILES string of the molecule is COc1cccc(C#N)c1NC(C)c1ccc(F)cn1. The second-order valence-electron chi connectivity index (χ2n) is 4.26. The average Bonchev–Trinajstić information content (AvgIpc) is 2.48. The Labute approximate surface area is 116 Å². The Hall–Kier alpha value is -2.61. The number of ether oxygens (including phenoxy) is 1. The molecule has 1 N–H and O–H groups in total. The molecule has 0 aliphatic rings. The molecule has 0 bridgehead atoms. The van der Waals surface area contributed by atoms with E-state index in [-0.39, 0.29) is 11.9 Å². The van der Waals surface area contributed by atoms with Gasteiger partial charge < -0.3 is 10.1 Å². The number of hydrogen-bond donors (Lipinski definition) is 1. The van der Waals surface area contributed by atoms with E-state index in [4.69, 9.17) is 10.00 Å². The number of methoxy groups -OCH3 is 1. The molecule has 2 aromatic rings. The van der Waals surface area contributed by atoms with Gasteiger partial charge in [-0.15, -0.1) is 0 Å². The highest BCUT2D eigenvalue weighted by Crippen LogP contribution is 2.30. The first-order chi connectivity index (χ1) is 9.65. The van der Waals surface area contributed by atoms with E-state index < -0.39 is 0 Å². The van der Waals surface area contributed by atoms with Crippen LogP contribution in [0.5, 0.6) is 5.75 Å². The van der Waals surface area contributed by atoms with Crippen molar-refractivity contribution >= 4 is 5.69 Å². The second kappa shape index (κ2) is 6.02. The van der Waals surface area contributed by atoms with E-state index in [0.29, 0.717) is 22.7 Å². The van der Waals surface area contributed by atoms with E-state index >= 15 is 0 Å². The number of anilines is 1. The van der Waals surface area contributed by atoms with Crippen LogP contribution in [0.2, 0.25) is 0 Å². The van der Waals surface area contributed by atoms with Crippen LogP contribution in [0.15, 0.2) is 36.5 Å². The van der Waals surface area contributed by atoms with Crippen molar-refractivity contribution in [3.05, 3.63) is 53.6 Å². The molecule has 0 aliphatic heterocycles. The highest BCUT2D eigenvalue weighted by atomic mass is 19.1. The van der Waals surface area contributed by atoms with Crippen LogP contribution in [0.25, 0.3) is 0 Å². The Morgan fingerprint density at radius 3 is 2.75 bits per heavy atom. The minimum atomic E-state index is -0.379. The number of para-hydroxylation sites is 1. The number of benzene rings is 1. The fourth-order valence-electron chi connectivity index (χ4n) is 1.88. The molecule has 0 aliphatic carbocycles. The minimum absolute atomic E-state index is 0.181. The van der Waals surface area contributed by atoms with Crippen LogP contribution in [0.4, 0.5) is 10.1 Å². The van der Waals surface area contributed by atoms with Gasteiger partial charge in [-0.3, -0.25) is 4.98 Å². The summed E-state index contributed by atoms with van der Waals surface area (Å²) < 4.78 is 18.1. The summed E-state index contributed by atoms with van der Waals surface area (Å²) in [6, 6.07) is 10.1. The van der Waals surface area contributed by atoms with Crippen molar-refractivity contribution in [3.8, 4) is 11.8 Å². The van der Waals surface area contributed by atoms with Gasteiger partial charge in [0.05, 0.1) is 36.3 Å². The lowest BCUT2D eigenvalue weighted by Gasteiger charge is -2.18. The van der Waals surface area contributed by atoms with Crippen LogP contribution in [-0.4, -0.2) is 12.1 Å². The van der Waals surface area contributed by atoms with E-state index in [1.54, 1.807) is 31.4 Å². The fraction of sp³-hybridized carbons (Fsp3) is 0.200. The Kier molecular flexibility index (Phi) is 4.16. The lowest BCUT2D eigenvalue weighted by molar-refractivity contribution is 0.416. The predicted octanol–water partition coefficient (Wildman–Crippen LogP) is 3.27. The van der Waals surface area contributed by atoms with Crippen molar-refractivity contribution in [3.63, 3.8) is 0 Å². The Morgan fingerprint density at radius 1 is 1.35 bits per heavy atom. The predicted molar refractivity (Wildman–Crippen MR) is 73.9 cm³/mol. The van der Waals surface area contributed by atoms with Crippen molar-refractivity contribution in [1.82, 2.24) is 4.98 Å². The normalized spacial score (nSPS) is 11.5. The van der Waals surface area contributed by atoms with Gasteiger partial charge in [0.15, 0.2) is 0 Å². The van der Waals surface area contributed by atoms with Crippen molar-refractivity contribution in [2.75, 3.05) is 12.4 Å². The zero-order valence-corrected chi connectivity index (χ0v) is 11.2. The largest absolute Gasteiger partial charge is 0.495 e. The minimum Gasteiger partial charge on any atom is -0.495 e. The molecule has 1 aromatic carbocycles. The van der Waals surface area contributed by atoms with Gasteiger partial charge in [-0.25, -0.2) is 4.39 Å². The van der Waals surface area contributed by atoms with Crippen molar-refractivity contribution in [1.29, 1.82) is 5.26 Å². The molecule has 5 heteroatoms. The van der Waals surface area contributed by atoms with Gasteiger partial charge in [0.1, 0.15) is 17.6 Å². The zero-order chi connectivity index (χ0) is 14.5. The summed E-state index contributed by atoms with van der Waals surface area (Å²) in [5.41, 5.74) is 1.77. The monoisotopic (exact) mass is 271 g/mol. The van der Waals surface area contributed by atoms with E-state index in [0.717, 1.165) is 0 Å². The molecule has 1 heterocycles. The Morgan fingerprint density at radius 2 is 2.15 bits per heavy atom. The fourth-order valence-corrected chi connectivity index (χ4v) is 1.88. The van der Waals surface area contributed by atoms with Crippen LogP contribution in [0.1, 0.15) is 24.2 Å². The first-order valence-corrected chi connectivity index (χ1v) is 6.10. The van der Waals surface area contributed by atoms with Gasteiger partial charge in [0.25, 0.3) is 0 Å². The topological polar surface area (TPSA) is 57.9 Å². The Bertz CT molecular complexity index is 635. The molecule has 1 aromatic heterocycles. The van der Waals surface area contributed by atoms with E-state index in [2.05, 4.69) is 16.4 Å². The molecular weight excluding hydrogens is 257 g/mol. The number of hydrogen-bond acceptors (Lipinski definition) is 4. The molecule has 20 heavy (non-hydrogen) atoms. The average molecular weight is 271 g/mol. The van der Waals surface area contributed by atoms with Gasteiger partial charge >= 0.3 is 0 Å². The van der Waals surface area contributed by atoms with E-state index in [1.165, 1.54) is 12.3 Å². The molecule has 0 fully saturated rings. The number of nitrogens with one attached hydrogen (secondary N) is 1. The number of halogens is 1. The van der Waals surface area contributed by atoms with Crippen molar-refractivity contribution in [2.45, 2.75) is 13.0 Å². The first-order valence-electron chi connectivity index (χ1n) is 6.10. The van der Waals surface area contributed by atoms with Crippen LogP contribution < -0.4 is 10.1 Å². The summed E-state index contributed by atoms with van der Waals surface area (Å²) in [7, 11) is 1.54. The number of rotatable bonds is 4. The molecule has 0 saturated heterocycles. The third kappa shape index (κ3) is 2.86. The molecule has 0 amide bonds. The van der Waals surface area contributed by atoms with Gasteiger partial charge in [-0.1, -0.05) is 6.07 Å². The van der Waals surface area contributed by atoms with Crippen molar-refractivity contribution < 1.29 is 9.13 Å². The first kappa shape index (κ1) is 13.8. The summed E-state index contributed by atoms with van der Waals surface area (Å²) in [5, 5.41) is 12.3. The maximum Gasteiger partial charge on any atom is 0.143 e. The van der Waals surface area contributed by atoms with E-state index in [1.807, 2.05) is 6.92 Å². The molecule has 4 nitrogen and oxygen atoms in total. The van der Waals surface area contributed by atoms with Gasteiger partial charge in [-0.05, 0) is 31.2 Å².